The summed E-state index contributed by atoms with van der Waals surface area (Å²) in [6, 6.07) is 7.33. The molecule has 9 heteroatoms. The summed E-state index contributed by atoms with van der Waals surface area (Å²) < 4.78 is 27.5. The monoisotopic (exact) mass is 368 g/mol. The Morgan fingerprint density at radius 3 is 2.46 bits per heavy atom. The molecule has 1 aromatic carbocycles. The highest BCUT2D eigenvalue weighted by Crippen LogP contribution is 2.24. The smallest absolute Gasteiger partial charge is 0.270 e. The summed E-state index contributed by atoms with van der Waals surface area (Å²) in [7, 11) is -3.81. The van der Waals surface area contributed by atoms with Crippen LogP contribution in [0.3, 0.4) is 0 Å². The van der Waals surface area contributed by atoms with E-state index < -0.39 is 10.0 Å². The van der Waals surface area contributed by atoms with Crippen molar-refractivity contribution < 1.29 is 13.2 Å². The number of amides is 1. The van der Waals surface area contributed by atoms with Gasteiger partial charge >= 0.3 is 0 Å². The van der Waals surface area contributed by atoms with E-state index >= 15 is 0 Å². The van der Waals surface area contributed by atoms with Crippen LogP contribution < -0.4 is 10.0 Å². The molecule has 0 saturated heterocycles. The first-order chi connectivity index (χ1) is 11.4. The van der Waals surface area contributed by atoms with Crippen molar-refractivity contribution in [1.82, 2.24) is 14.9 Å². The molecule has 1 unspecified atom stereocenters. The van der Waals surface area contributed by atoms with Crippen LogP contribution in [0.1, 0.15) is 43.9 Å². The fourth-order valence-electron chi connectivity index (χ4n) is 2.00. The molecule has 1 heterocycles. The van der Waals surface area contributed by atoms with Gasteiger partial charge in [-0.2, -0.15) is 0 Å². The predicted octanol–water partition coefficient (Wildman–Crippen LogP) is 2.62. The van der Waals surface area contributed by atoms with Gasteiger partial charge in [0.2, 0.25) is 15.4 Å². The summed E-state index contributed by atoms with van der Waals surface area (Å²) in [6.07, 6.45) is 0.881. The fourth-order valence-corrected chi connectivity index (χ4v) is 4.24. The average Bonchev–Trinajstić information content (AvgIpc) is 3.03. The first-order valence-electron chi connectivity index (χ1n) is 7.58. The van der Waals surface area contributed by atoms with Gasteiger partial charge in [-0.25, -0.2) is 13.1 Å². The molecule has 2 rings (SSSR count). The molecule has 0 aliphatic carbocycles. The lowest BCUT2D eigenvalue weighted by Gasteiger charge is -2.16. The number of nitrogens with one attached hydrogen (secondary N) is 2. The van der Waals surface area contributed by atoms with Crippen LogP contribution in [0.25, 0.3) is 0 Å². The van der Waals surface area contributed by atoms with Gasteiger partial charge < -0.3 is 5.32 Å². The molecule has 7 nitrogen and oxygen atoms in total. The second kappa shape index (κ2) is 7.82. The minimum atomic E-state index is -3.81. The molecule has 0 aliphatic heterocycles. The second-order valence-corrected chi connectivity index (χ2v) is 8.13. The van der Waals surface area contributed by atoms with Crippen LogP contribution in [0.2, 0.25) is 0 Å². The van der Waals surface area contributed by atoms with Crippen LogP contribution in [0.5, 0.6) is 0 Å². The first kappa shape index (κ1) is 18.5. The molecule has 0 aliphatic rings. The van der Waals surface area contributed by atoms with Crippen molar-refractivity contribution in [1.29, 1.82) is 0 Å². The number of anilines is 1. The summed E-state index contributed by atoms with van der Waals surface area (Å²) in [5, 5.41) is 10.1. The van der Waals surface area contributed by atoms with E-state index in [0.29, 0.717) is 6.42 Å². The van der Waals surface area contributed by atoms with Crippen molar-refractivity contribution in [3.63, 3.8) is 0 Å². The summed E-state index contributed by atoms with van der Waals surface area (Å²) in [5.41, 5.74) is 1.99. The topological polar surface area (TPSA) is 101 Å². The molecule has 24 heavy (non-hydrogen) atoms. The van der Waals surface area contributed by atoms with Crippen molar-refractivity contribution >= 4 is 32.4 Å². The number of hydrogen-bond acceptors (Lipinski definition) is 6. The Labute approximate surface area is 145 Å². The van der Waals surface area contributed by atoms with Crippen molar-refractivity contribution in [3.8, 4) is 0 Å². The van der Waals surface area contributed by atoms with Gasteiger partial charge in [-0.15, -0.1) is 10.2 Å². The number of benzene rings is 1. The van der Waals surface area contributed by atoms with Gasteiger partial charge in [0, 0.05) is 12.5 Å². The zero-order valence-electron chi connectivity index (χ0n) is 13.7. The molecular weight excluding hydrogens is 348 g/mol. The molecule has 0 radical (unpaired) electrons. The van der Waals surface area contributed by atoms with Crippen LogP contribution >= 0.6 is 11.3 Å². The Morgan fingerprint density at radius 2 is 1.88 bits per heavy atom. The van der Waals surface area contributed by atoms with E-state index in [1.807, 2.05) is 38.1 Å². The number of carbonyl (C=O) groups excluding carboxylic acids is 1. The lowest BCUT2D eigenvalue weighted by atomic mass is 10.0. The predicted molar refractivity (Wildman–Crippen MR) is 93.4 cm³/mol. The maximum absolute atomic E-state index is 12.5. The number of hydrogen-bond donors (Lipinski definition) is 2. The van der Waals surface area contributed by atoms with E-state index in [-0.39, 0.29) is 27.8 Å². The average molecular weight is 368 g/mol. The van der Waals surface area contributed by atoms with Gasteiger partial charge in [-0.1, -0.05) is 55.0 Å². The molecule has 0 saturated carbocycles. The second-order valence-electron chi connectivity index (χ2n) is 5.27. The zero-order chi connectivity index (χ0) is 17.7. The van der Waals surface area contributed by atoms with E-state index in [9.17, 15) is 13.2 Å². The zero-order valence-corrected chi connectivity index (χ0v) is 15.4. The van der Waals surface area contributed by atoms with E-state index in [0.717, 1.165) is 22.5 Å². The normalized spacial score (nSPS) is 12.8. The lowest BCUT2D eigenvalue weighted by molar-refractivity contribution is -0.115. The van der Waals surface area contributed by atoms with Gasteiger partial charge in [0.25, 0.3) is 10.0 Å². The molecule has 1 atom stereocenters. The molecule has 2 aromatic rings. The molecule has 0 bridgehead atoms. The van der Waals surface area contributed by atoms with Crippen molar-refractivity contribution in [2.24, 2.45) is 0 Å². The Morgan fingerprint density at radius 1 is 1.21 bits per heavy atom. The van der Waals surface area contributed by atoms with E-state index in [1.54, 1.807) is 6.92 Å². The maximum Gasteiger partial charge on any atom is 0.270 e. The standard InChI is InChI=1S/C15H20N4O3S2/c1-4-12(11-8-6-10(3)7-9-11)19-24(21,22)15-18-17-14(23-15)16-13(20)5-2/h6-9,12,19H,4-5H2,1-3H3,(H,16,17,20). The molecule has 0 fully saturated rings. The van der Waals surface area contributed by atoms with Crippen molar-refractivity contribution in [2.75, 3.05) is 5.32 Å². The minimum absolute atomic E-state index is 0.167. The number of carbonyl (C=O) groups is 1. The van der Waals surface area contributed by atoms with Gasteiger partial charge in [0.15, 0.2) is 0 Å². The summed E-state index contributed by atoms with van der Waals surface area (Å²) in [4.78, 5) is 11.3. The van der Waals surface area contributed by atoms with Gasteiger partial charge in [0.05, 0.1) is 0 Å². The van der Waals surface area contributed by atoms with Gasteiger partial charge in [0.1, 0.15) is 0 Å². The van der Waals surface area contributed by atoms with E-state index in [2.05, 4.69) is 20.2 Å². The Bertz CT molecular complexity index is 800. The highest BCUT2D eigenvalue weighted by molar-refractivity contribution is 7.91. The third-order valence-electron chi connectivity index (χ3n) is 3.39. The number of rotatable bonds is 7. The number of aromatic nitrogens is 2. The Balaban J connectivity index is 2.17. The summed E-state index contributed by atoms with van der Waals surface area (Å²) in [6.45, 7) is 5.57. The molecule has 1 amide bonds. The molecule has 1 aromatic heterocycles. The van der Waals surface area contributed by atoms with E-state index in [1.165, 1.54) is 0 Å². The van der Waals surface area contributed by atoms with Crippen LogP contribution in [0.15, 0.2) is 28.6 Å². The molecule has 0 spiro atoms. The van der Waals surface area contributed by atoms with Crippen LogP contribution in [-0.2, 0) is 14.8 Å². The van der Waals surface area contributed by atoms with Crippen LogP contribution in [-0.4, -0.2) is 24.5 Å². The fraction of sp³-hybridized carbons (Fsp3) is 0.400. The van der Waals surface area contributed by atoms with Crippen LogP contribution in [0.4, 0.5) is 5.13 Å². The quantitative estimate of drug-likeness (QED) is 0.732. The molecule has 130 valence electrons. The highest BCUT2D eigenvalue weighted by Gasteiger charge is 2.24. The number of aryl methyl sites for hydroxylation is 1. The molecule has 2 N–H and O–H groups in total. The highest BCUT2D eigenvalue weighted by atomic mass is 32.2. The lowest BCUT2D eigenvalue weighted by Crippen LogP contribution is -2.28. The Kier molecular flexibility index (Phi) is 6.03. The number of nitrogens with zero attached hydrogens (tertiary/aromatic N) is 2. The van der Waals surface area contributed by atoms with Gasteiger partial charge in [-0.3, -0.25) is 4.79 Å². The Hall–Kier alpha value is -1.84. The molecular formula is C15H20N4O3S2. The van der Waals surface area contributed by atoms with Crippen molar-refractivity contribution in [3.05, 3.63) is 35.4 Å². The van der Waals surface area contributed by atoms with Crippen LogP contribution in [0, 0.1) is 6.92 Å². The third kappa shape index (κ3) is 4.59. The third-order valence-corrected chi connectivity index (χ3v) is 6.07. The first-order valence-corrected chi connectivity index (χ1v) is 9.88. The minimum Gasteiger partial charge on any atom is -0.301 e. The SMILES string of the molecule is CCC(=O)Nc1nnc(S(=O)(=O)NC(CC)c2ccc(C)cc2)s1. The largest absolute Gasteiger partial charge is 0.301 e. The summed E-state index contributed by atoms with van der Waals surface area (Å²) in [5.74, 6) is -0.242. The van der Waals surface area contributed by atoms with Crippen molar-refractivity contribution in [2.45, 2.75) is 44.0 Å². The van der Waals surface area contributed by atoms with Gasteiger partial charge in [-0.05, 0) is 18.9 Å². The summed E-state index contributed by atoms with van der Waals surface area (Å²) >= 11 is 0.829. The van der Waals surface area contributed by atoms with E-state index in [4.69, 9.17) is 0 Å². The number of sulfonamides is 1. The maximum atomic E-state index is 12.5.